The first-order valence-corrected chi connectivity index (χ1v) is 18.9. The van der Waals surface area contributed by atoms with Gasteiger partial charge >= 0.3 is 0 Å². The molecule has 238 valence electrons. The molecule has 0 fully saturated rings. The maximum Gasteiger partial charge on any atom is 0.296 e. The summed E-state index contributed by atoms with van der Waals surface area (Å²) in [5, 5.41) is 0. The second kappa shape index (κ2) is 21.0. The van der Waals surface area contributed by atoms with E-state index in [4.69, 9.17) is 8.37 Å². The van der Waals surface area contributed by atoms with Gasteiger partial charge in [-0.15, -0.1) is 0 Å². The predicted molar refractivity (Wildman–Crippen MR) is 172 cm³/mol. The Hall–Kier alpha value is -1.74. The van der Waals surface area contributed by atoms with Crippen molar-refractivity contribution in [3.63, 3.8) is 0 Å². The first-order valence-electron chi connectivity index (χ1n) is 16.1. The lowest BCUT2D eigenvalue weighted by molar-refractivity contribution is 0.305. The average Bonchev–Trinajstić information content (AvgIpc) is 2.96. The van der Waals surface area contributed by atoms with Crippen molar-refractivity contribution in [2.24, 2.45) is 0 Å². The van der Waals surface area contributed by atoms with E-state index in [9.17, 15) is 16.8 Å². The van der Waals surface area contributed by atoms with E-state index in [0.29, 0.717) is 0 Å². The third kappa shape index (κ3) is 16.2. The number of hydrogen-bond acceptors (Lipinski definition) is 6. The van der Waals surface area contributed by atoms with E-state index < -0.39 is 20.2 Å². The molecule has 2 aromatic rings. The quantitative estimate of drug-likeness (QED) is 0.0810. The van der Waals surface area contributed by atoms with Crippen LogP contribution in [0.25, 0.3) is 0 Å². The van der Waals surface area contributed by atoms with Crippen LogP contribution >= 0.6 is 0 Å². The summed E-state index contributed by atoms with van der Waals surface area (Å²) in [4.78, 5) is 0.463. The highest BCUT2D eigenvalue weighted by Gasteiger charge is 2.15. The molecule has 42 heavy (non-hydrogen) atoms. The maximum absolute atomic E-state index is 12.2. The summed E-state index contributed by atoms with van der Waals surface area (Å²) < 4.78 is 59.0. The molecule has 0 N–H and O–H groups in total. The maximum atomic E-state index is 12.2. The topological polar surface area (TPSA) is 86.7 Å². The van der Waals surface area contributed by atoms with E-state index in [1.54, 1.807) is 48.5 Å². The molecule has 0 amide bonds. The Balaban J connectivity index is 1.28. The minimum Gasteiger partial charge on any atom is -0.266 e. The lowest BCUT2D eigenvalue weighted by atomic mass is 10.0. The number of unbranched alkanes of at least 4 members (excludes halogenated alkanes) is 17. The molecule has 2 aromatic carbocycles. The van der Waals surface area contributed by atoms with Crippen molar-refractivity contribution in [3.8, 4) is 0 Å². The normalized spacial score (nSPS) is 12.1. The molecule has 0 aliphatic carbocycles. The van der Waals surface area contributed by atoms with Crippen LogP contribution in [0.2, 0.25) is 0 Å². The minimum absolute atomic E-state index is 0.232. The number of rotatable bonds is 25. The summed E-state index contributed by atoms with van der Waals surface area (Å²) >= 11 is 0. The molecule has 0 atom stereocenters. The Morgan fingerprint density at radius 2 is 0.595 bits per heavy atom. The zero-order valence-corrected chi connectivity index (χ0v) is 27.7. The number of benzene rings is 2. The van der Waals surface area contributed by atoms with Gasteiger partial charge in [0.2, 0.25) is 0 Å². The van der Waals surface area contributed by atoms with Crippen molar-refractivity contribution in [2.45, 2.75) is 139 Å². The van der Waals surface area contributed by atoms with Crippen LogP contribution in [0.3, 0.4) is 0 Å². The van der Waals surface area contributed by atoms with Gasteiger partial charge < -0.3 is 0 Å². The zero-order valence-electron chi connectivity index (χ0n) is 26.0. The number of aryl methyl sites for hydroxylation is 2. The second-order valence-corrected chi connectivity index (χ2v) is 14.8. The Bertz CT molecular complexity index is 1080. The predicted octanol–water partition coefficient (Wildman–Crippen LogP) is 9.44. The molecule has 0 aliphatic rings. The third-order valence-electron chi connectivity index (χ3n) is 7.63. The van der Waals surface area contributed by atoms with Crippen molar-refractivity contribution < 1.29 is 25.2 Å². The van der Waals surface area contributed by atoms with Crippen molar-refractivity contribution >= 4 is 20.2 Å². The van der Waals surface area contributed by atoms with Crippen molar-refractivity contribution in [2.75, 3.05) is 13.2 Å². The standard InChI is InChI=1S/C34H54O6S2/c1-31-21-25-33(26-22-31)41(35,36)39-29-19-17-15-13-11-9-7-5-3-4-6-8-10-12-14-16-18-20-30-40-42(37,38)34-27-23-32(2)24-28-34/h21-28H,3-20,29-30H2,1-2H3. The van der Waals surface area contributed by atoms with E-state index >= 15 is 0 Å². The molecular weight excluding hydrogens is 569 g/mol. The molecule has 0 heterocycles. The fraction of sp³-hybridized carbons (Fsp3) is 0.647. The lowest BCUT2D eigenvalue weighted by Gasteiger charge is -2.06. The summed E-state index contributed by atoms with van der Waals surface area (Å²) in [5.41, 5.74) is 2.06. The van der Waals surface area contributed by atoms with Gasteiger partial charge in [-0.3, -0.25) is 8.37 Å². The van der Waals surface area contributed by atoms with Crippen LogP contribution in [0.1, 0.15) is 127 Å². The van der Waals surface area contributed by atoms with Crippen LogP contribution < -0.4 is 0 Å². The first-order chi connectivity index (χ1) is 20.2. The molecule has 0 saturated heterocycles. The number of hydrogen-bond donors (Lipinski definition) is 0. The van der Waals surface area contributed by atoms with Gasteiger partial charge in [0.1, 0.15) is 0 Å². The largest absolute Gasteiger partial charge is 0.296 e. The van der Waals surface area contributed by atoms with Gasteiger partial charge in [-0.1, -0.05) is 138 Å². The van der Waals surface area contributed by atoms with Crippen LogP contribution in [-0.2, 0) is 28.6 Å². The molecule has 0 aromatic heterocycles. The first kappa shape index (κ1) is 36.5. The molecule has 0 saturated carbocycles. The highest BCUT2D eigenvalue weighted by Crippen LogP contribution is 2.17. The molecule has 0 bridgehead atoms. The minimum atomic E-state index is -3.63. The van der Waals surface area contributed by atoms with Gasteiger partial charge in [0.05, 0.1) is 23.0 Å². The Morgan fingerprint density at radius 1 is 0.381 bits per heavy atom. The monoisotopic (exact) mass is 622 g/mol. The zero-order chi connectivity index (χ0) is 30.5. The van der Waals surface area contributed by atoms with E-state index in [1.165, 1.54) is 77.0 Å². The van der Waals surface area contributed by atoms with Crippen molar-refractivity contribution in [1.82, 2.24) is 0 Å². The summed E-state index contributed by atoms with van der Waals surface area (Å²) in [6.45, 7) is 4.38. The Kier molecular flexibility index (Phi) is 18.3. The van der Waals surface area contributed by atoms with Gasteiger partial charge in [-0.2, -0.15) is 16.8 Å². The summed E-state index contributed by atoms with van der Waals surface area (Å²) in [5.74, 6) is 0. The van der Waals surface area contributed by atoms with Gasteiger partial charge in [0.15, 0.2) is 0 Å². The Morgan fingerprint density at radius 3 is 0.833 bits per heavy atom. The van der Waals surface area contributed by atoms with Crippen LogP contribution in [0.4, 0.5) is 0 Å². The molecular formula is C34H54O6S2. The summed E-state index contributed by atoms with van der Waals surface area (Å²) in [7, 11) is -7.27. The fourth-order valence-electron chi connectivity index (χ4n) is 4.92. The van der Waals surface area contributed by atoms with Gasteiger partial charge in [-0.05, 0) is 51.0 Å². The highest BCUT2D eigenvalue weighted by atomic mass is 32.2. The Labute approximate surface area is 256 Å². The van der Waals surface area contributed by atoms with Crippen molar-refractivity contribution in [1.29, 1.82) is 0 Å². The van der Waals surface area contributed by atoms with Crippen LogP contribution in [0.15, 0.2) is 58.3 Å². The van der Waals surface area contributed by atoms with Crippen LogP contribution in [0, 0.1) is 13.8 Å². The van der Waals surface area contributed by atoms with E-state index in [1.807, 2.05) is 13.8 Å². The molecule has 2 rings (SSSR count). The lowest BCUT2D eigenvalue weighted by Crippen LogP contribution is -2.07. The summed E-state index contributed by atoms with van der Waals surface area (Å²) in [6.07, 6.45) is 21.3. The second-order valence-electron chi connectivity index (χ2n) is 11.5. The van der Waals surface area contributed by atoms with Crippen molar-refractivity contribution in [3.05, 3.63) is 59.7 Å². The molecule has 0 aliphatic heterocycles. The fourth-order valence-corrected chi connectivity index (χ4v) is 6.80. The molecule has 0 unspecified atom stereocenters. The average molecular weight is 623 g/mol. The van der Waals surface area contributed by atoms with Gasteiger partial charge in [-0.25, -0.2) is 0 Å². The highest BCUT2D eigenvalue weighted by molar-refractivity contribution is 7.87. The molecule has 8 heteroatoms. The van der Waals surface area contributed by atoms with Crippen LogP contribution in [0.5, 0.6) is 0 Å². The van der Waals surface area contributed by atoms with Gasteiger partial charge in [0, 0.05) is 0 Å². The SMILES string of the molecule is Cc1ccc(S(=O)(=O)OCCCCCCCCCCCCCCCCCCCCOS(=O)(=O)c2ccc(C)cc2)cc1. The van der Waals surface area contributed by atoms with E-state index in [-0.39, 0.29) is 23.0 Å². The molecule has 0 spiro atoms. The molecule has 0 radical (unpaired) electrons. The molecule has 6 nitrogen and oxygen atoms in total. The van der Waals surface area contributed by atoms with E-state index in [2.05, 4.69) is 0 Å². The van der Waals surface area contributed by atoms with E-state index in [0.717, 1.165) is 49.7 Å². The third-order valence-corrected chi connectivity index (χ3v) is 10.3. The van der Waals surface area contributed by atoms with Crippen LogP contribution in [-0.4, -0.2) is 30.0 Å². The summed E-state index contributed by atoms with van der Waals surface area (Å²) in [6, 6.07) is 13.5. The van der Waals surface area contributed by atoms with Gasteiger partial charge in [0.25, 0.3) is 20.2 Å². The smallest absolute Gasteiger partial charge is 0.266 e.